The van der Waals surface area contributed by atoms with Crippen molar-refractivity contribution in [3.63, 3.8) is 0 Å². The van der Waals surface area contributed by atoms with Crippen LogP contribution in [0, 0.1) is 12.3 Å². The molecule has 0 radical (unpaired) electrons. The number of ether oxygens (including phenoxy) is 1. The molecule has 2 aromatic carbocycles. The molecule has 0 unspecified atom stereocenters. The van der Waals surface area contributed by atoms with Gasteiger partial charge in [-0.05, 0) is 24.1 Å². The van der Waals surface area contributed by atoms with Gasteiger partial charge in [-0.3, -0.25) is 15.0 Å². The normalized spacial score (nSPS) is 16.1. The van der Waals surface area contributed by atoms with Crippen LogP contribution >= 0.6 is 0 Å². The van der Waals surface area contributed by atoms with E-state index in [1.165, 1.54) is 6.07 Å². The van der Waals surface area contributed by atoms with E-state index in [4.69, 9.17) is 20.7 Å². The number of nitrogens with two attached hydrogens (primary N) is 1. The topological polar surface area (TPSA) is 173 Å². The average Bonchev–Trinajstić information content (AvgIpc) is 3.29. The Labute approximate surface area is 203 Å². The van der Waals surface area contributed by atoms with Crippen LogP contribution in [-0.2, 0) is 29.2 Å². The fraction of sp³-hybridized carbons (Fsp3) is 0.304. The highest BCUT2D eigenvalue weighted by Crippen LogP contribution is 2.19. The molecule has 3 rings (SSSR count). The van der Waals surface area contributed by atoms with E-state index in [0.717, 1.165) is 12.7 Å². The van der Waals surface area contributed by atoms with E-state index in [1.807, 2.05) is 0 Å². The third kappa shape index (κ3) is 6.64. The Hall–Kier alpha value is -3.77. The highest BCUT2D eigenvalue weighted by Gasteiger charge is 2.29. The first kappa shape index (κ1) is 25.8. The van der Waals surface area contributed by atoms with E-state index in [0.29, 0.717) is 23.3 Å². The Bertz CT molecular complexity index is 1240. The molecule has 1 aliphatic rings. The van der Waals surface area contributed by atoms with Gasteiger partial charge in [-0.15, -0.1) is 0 Å². The Morgan fingerprint density at radius 3 is 2.54 bits per heavy atom. The molecule has 1 amide bonds. The van der Waals surface area contributed by atoms with Gasteiger partial charge in [-0.1, -0.05) is 47.6 Å². The number of carbonyl (C=O) groups is 2. The highest BCUT2D eigenvalue weighted by atomic mass is 32.2. The van der Waals surface area contributed by atoms with Gasteiger partial charge < -0.3 is 20.6 Å². The van der Waals surface area contributed by atoms with E-state index in [-0.39, 0.29) is 23.7 Å². The summed E-state index contributed by atoms with van der Waals surface area (Å²) in [6, 6.07) is 12.0. The molecule has 1 aliphatic heterocycles. The third-order valence-corrected chi connectivity index (χ3v) is 6.98. The largest absolute Gasteiger partial charge is 0.468 e. The predicted molar refractivity (Wildman–Crippen MR) is 128 cm³/mol. The van der Waals surface area contributed by atoms with Crippen LogP contribution in [-0.4, -0.2) is 57.6 Å². The minimum atomic E-state index is -4.03. The van der Waals surface area contributed by atoms with Gasteiger partial charge in [-0.25, -0.2) is 8.42 Å². The van der Waals surface area contributed by atoms with Gasteiger partial charge in [0.25, 0.3) is 0 Å². The third-order valence-electron chi connectivity index (χ3n) is 5.34. The number of esters is 1. The molecule has 12 heteroatoms. The van der Waals surface area contributed by atoms with E-state index in [2.05, 4.69) is 15.2 Å². The van der Waals surface area contributed by atoms with Gasteiger partial charge in [0, 0.05) is 18.5 Å². The summed E-state index contributed by atoms with van der Waals surface area (Å²) in [5.74, 6) is -1.32. The van der Waals surface area contributed by atoms with Gasteiger partial charge in [0.1, 0.15) is 18.0 Å². The molecule has 0 fully saturated rings. The lowest BCUT2D eigenvalue weighted by atomic mass is 10.0. The number of oxime groups is 1. The maximum atomic E-state index is 12.8. The molecule has 0 aliphatic carbocycles. The molecule has 186 valence electrons. The number of nitrogens with one attached hydrogen (secondary N) is 3. The zero-order valence-corrected chi connectivity index (χ0v) is 20.1. The van der Waals surface area contributed by atoms with Gasteiger partial charge in [0.15, 0.2) is 0 Å². The van der Waals surface area contributed by atoms with Crippen LogP contribution < -0.4 is 15.8 Å². The molecule has 0 aromatic heterocycles. The minimum absolute atomic E-state index is 0.0283. The second-order valence-corrected chi connectivity index (χ2v) is 9.61. The molecular weight excluding hydrogens is 474 g/mol. The fourth-order valence-corrected chi connectivity index (χ4v) is 4.90. The number of nitrogen functional groups attached to an aromatic ring is 1. The summed E-state index contributed by atoms with van der Waals surface area (Å²) in [4.78, 5) is 30.0. The maximum Gasteiger partial charge on any atom is 0.325 e. The lowest BCUT2D eigenvalue weighted by Gasteiger charge is -2.18. The molecular formula is C23H27N5O6S. The van der Waals surface area contributed by atoms with Crippen molar-refractivity contribution in [3.05, 3.63) is 65.2 Å². The van der Waals surface area contributed by atoms with Crippen LogP contribution in [0.25, 0.3) is 0 Å². The Morgan fingerprint density at radius 2 is 1.91 bits per heavy atom. The van der Waals surface area contributed by atoms with Crippen molar-refractivity contribution in [2.75, 3.05) is 13.7 Å². The molecule has 35 heavy (non-hydrogen) atoms. The zero-order chi connectivity index (χ0) is 25.6. The standard InChI is InChI=1S/C23H27N5O6S/c1-14-5-3-4-6-20(14)35(31,32)28-19(23(30)33-2)13-26-21(29)12-17-11-18(27-34-17)15-7-9-16(10-8-15)22(24)25/h3-10,17,19,28H,11-13H2,1-2H3,(H3,24,25)(H,26,29)/t17-,19+/m1/s1. The average molecular weight is 502 g/mol. The number of benzene rings is 2. The summed E-state index contributed by atoms with van der Waals surface area (Å²) in [6.45, 7) is 1.34. The summed E-state index contributed by atoms with van der Waals surface area (Å²) in [5, 5.41) is 14.0. The summed E-state index contributed by atoms with van der Waals surface area (Å²) in [7, 11) is -2.90. The summed E-state index contributed by atoms with van der Waals surface area (Å²) in [5.41, 5.74) is 7.99. The zero-order valence-electron chi connectivity index (χ0n) is 19.3. The van der Waals surface area contributed by atoms with Crippen LogP contribution in [0.3, 0.4) is 0 Å². The number of aryl methyl sites for hydroxylation is 1. The smallest absolute Gasteiger partial charge is 0.325 e. The van der Waals surface area contributed by atoms with Crippen molar-refractivity contribution in [1.29, 1.82) is 5.41 Å². The number of hydrogen-bond acceptors (Lipinski definition) is 8. The monoisotopic (exact) mass is 501 g/mol. The number of sulfonamides is 1. The van der Waals surface area contributed by atoms with Crippen LogP contribution in [0.15, 0.2) is 58.6 Å². The number of rotatable bonds is 10. The van der Waals surface area contributed by atoms with Gasteiger partial charge in [0.05, 0.1) is 24.1 Å². The first-order valence-corrected chi connectivity index (χ1v) is 12.2. The molecule has 2 aromatic rings. The van der Waals surface area contributed by atoms with E-state index < -0.39 is 34.0 Å². The second kappa shape index (κ2) is 11.1. The SMILES string of the molecule is COC(=O)[C@H](CNC(=O)C[C@H]1CC(c2ccc(C(=N)N)cc2)=NO1)NS(=O)(=O)c1ccccc1C. The molecule has 5 N–H and O–H groups in total. The Kier molecular flexibility index (Phi) is 8.20. The first-order valence-electron chi connectivity index (χ1n) is 10.7. The summed E-state index contributed by atoms with van der Waals surface area (Å²) >= 11 is 0. The van der Waals surface area contributed by atoms with Crippen molar-refractivity contribution in [2.45, 2.75) is 36.8 Å². The van der Waals surface area contributed by atoms with Crippen molar-refractivity contribution in [1.82, 2.24) is 10.0 Å². The van der Waals surface area contributed by atoms with Crippen LogP contribution in [0.2, 0.25) is 0 Å². The van der Waals surface area contributed by atoms with Crippen LogP contribution in [0.4, 0.5) is 0 Å². The molecule has 1 heterocycles. The van der Waals surface area contributed by atoms with Crippen LogP contribution in [0.1, 0.15) is 29.5 Å². The van der Waals surface area contributed by atoms with Gasteiger partial charge >= 0.3 is 5.97 Å². The fourth-order valence-electron chi connectivity index (χ4n) is 3.47. The first-order chi connectivity index (χ1) is 16.6. The van der Waals surface area contributed by atoms with Gasteiger partial charge in [-0.2, -0.15) is 4.72 Å². The van der Waals surface area contributed by atoms with Crippen molar-refractivity contribution >= 4 is 33.4 Å². The number of nitrogens with zero attached hydrogens (tertiary/aromatic N) is 1. The number of methoxy groups -OCH3 is 1. The van der Waals surface area contributed by atoms with E-state index in [1.54, 1.807) is 49.4 Å². The summed E-state index contributed by atoms with van der Waals surface area (Å²) < 4.78 is 32.5. The molecule has 2 atom stereocenters. The van der Waals surface area contributed by atoms with Crippen LogP contribution in [0.5, 0.6) is 0 Å². The molecule has 0 bridgehead atoms. The predicted octanol–water partition coefficient (Wildman–Crippen LogP) is 0.798. The number of amidine groups is 1. The molecule has 11 nitrogen and oxygen atoms in total. The minimum Gasteiger partial charge on any atom is -0.468 e. The second-order valence-electron chi connectivity index (χ2n) is 7.93. The van der Waals surface area contributed by atoms with Crippen molar-refractivity contribution < 1.29 is 27.6 Å². The number of carbonyl (C=O) groups excluding carboxylic acids is 2. The van der Waals surface area contributed by atoms with Crippen molar-refractivity contribution in [2.24, 2.45) is 10.9 Å². The summed E-state index contributed by atoms with van der Waals surface area (Å²) in [6.07, 6.45) is -0.179. The lowest BCUT2D eigenvalue weighted by Crippen LogP contribution is -2.49. The number of amides is 1. The molecule has 0 saturated carbocycles. The Morgan fingerprint density at radius 1 is 1.23 bits per heavy atom. The van der Waals surface area contributed by atoms with Gasteiger partial charge in [0.2, 0.25) is 15.9 Å². The highest BCUT2D eigenvalue weighted by molar-refractivity contribution is 7.89. The number of hydrogen-bond donors (Lipinski definition) is 4. The van der Waals surface area contributed by atoms with E-state index >= 15 is 0 Å². The van der Waals surface area contributed by atoms with E-state index in [9.17, 15) is 18.0 Å². The quantitative estimate of drug-likeness (QED) is 0.212. The molecule has 0 saturated heterocycles. The maximum absolute atomic E-state index is 12.8. The van der Waals surface area contributed by atoms with Crippen molar-refractivity contribution in [3.8, 4) is 0 Å². The molecule has 0 spiro atoms. The Balaban J connectivity index is 1.55. The lowest BCUT2D eigenvalue weighted by molar-refractivity contribution is -0.142.